The minimum Gasteiger partial charge on any atom is -0.361 e. The van der Waals surface area contributed by atoms with Crippen LogP contribution in [0.15, 0.2) is 70.5 Å². The first kappa shape index (κ1) is 50.4. The van der Waals surface area contributed by atoms with Gasteiger partial charge in [-0.25, -0.2) is 18.7 Å². The summed E-state index contributed by atoms with van der Waals surface area (Å²) in [6.45, 7) is 16.8. The average Bonchev–Trinajstić information content (AvgIpc) is 4.22. The van der Waals surface area contributed by atoms with Gasteiger partial charge in [0.15, 0.2) is 11.6 Å². The van der Waals surface area contributed by atoms with E-state index in [1.165, 1.54) is 35.4 Å². The van der Waals surface area contributed by atoms with Crippen LogP contribution in [0, 0.1) is 11.6 Å². The Kier molecular flexibility index (Phi) is 18.3. The molecule has 2 aliphatic carbocycles. The Hall–Kier alpha value is -4.03. The zero-order valence-corrected chi connectivity index (χ0v) is 40.9. The maximum atomic E-state index is 13.3. The topological polar surface area (TPSA) is 127 Å². The Labute approximate surface area is 390 Å². The molecular formula is C48H71ClF2N10O3Si. The molecule has 2 saturated heterocycles. The molecule has 4 heterocycles. The predicted octanol–water partition coefficient (Wildman–Crippen LogP) is 5.69. The summed E-state index contributed by atoms with van der Waals surface area (Å²) in [5.41, 5.74) is 4.11. The van der Waals surface area contributed by atoms with Crippen molar-refractivity contribution in [3.8, 4) is 0 Å². The van der Waals surface area contributed by atoms with E-state index in [2.05, 4.69) is 73.9 Å². The lowest BCUT2D eigenvalue weighted by Crippen LogP contribution is -2.47. The number of benzene rings is 2. The lowest BCUT2D eigenvalue weighted by molar-refractivity contribution is 0.0844. The molecule has 2 saturated carbocycles. The highest BCUT2D eigenvalue weighted by atomic mass is 35.5. The number of aromatic nitrogens is 4. The Bertz CT molecular complexity index is 2210. The van der Waals surface area contributed by atoms with E-state index >= 15 is 0 Å². The number of anilines is 2. The van der Waals surface area contributed by atoms with Crippen LogP contribution in [-0.4, -0.2) is 136 Å². The van der Waals surface area contributed by atoms with E-state index in [0.717, 1.165) is 121 Å². The van der Waals surface area contributed by atoms with Gasteiger partial charge >= 0.3 is 0 Å². The maximum absolute atomic E-state index is 13.3. The van der Waals surface area contributed by atoms with Crippen molar-refractivity contribution < 1.29 is 13.5 Å². The fraction of sp³-hybridized carbons (Fsp3) is 0.583. The number of nitrogens with zero attached hydrogens (tertiary/aromatic N) is 7. The molecule has 65 heavy (non-hydrogen) atoms. The number of aryl methyl sites for hydroxylation is 2. The molecule has 4 fully saturated rings. The molecule has 4 aliphatic rings. The molecule has 4 aromatic rings. The first-order chi connectivity index (χ1) is 30.8. The summed E-state index contributed by atoms with van der Waals surface area (Å²) in [5, 5.41) is 7.20. The molecule has 0 bridgehead atoms. The minimum atomic E-state index is -1.18. The summed E-state index contributed by atoms with van der Waals surface area (Å²) in [6.07, 6.45) is 9.36. The fourth-order valence-electron chi connectivity index (χ4n) is 8.47. The number of nitrogens with one attached hydrogen (secondary N) is 3. The number of piperazine rings is 2. The number of hydrogen-bond donors (Lipinski definition) is 3. The van der Waals surface area contributed by atoms with Crippen molar-refractivity contribution >= 4 is 32.1 Å². The Morgan fingerprint density at radius 1 is 0.708 bits per heavy atom. The molecule has 0 amide bonds. The molecule has 3 N–H and O–H groups in total. The van der Waals surface area contributed by atoms with E-state index in [4.69, 9.17) is 9.72 Å². The van der Waals surface area contributed by atoms with Crippen LogP contribution in [0.5, 0.6) is 0 Å². The summed E-state index contributed by atoms with van der Waals surface area (Å²) < 4.78 is 33.8. The van der Waals surface area contributed by atoms with Crippen LogP contribution in [0.2, 0.25) is 25.7 Å². The number of likely N-dealkylation sites (N-methyl/N-ethyl adjacent to an activating group) is 2. The molecule has 356 valence electrons. The van der Waals surface area contributed by atoms with Gasteiger partial charge in [0, 0.05) is 103 Å². The fourth-order valence-corrected chi connectivity index (χ4v) is 9.22. The predicted molar refractivity (Wildman–Crippen MR) is 262 cm³/mol. The number of ether oxygens (including phenoxy) is 1. The van der Waals surface area contributed by atoms with Crippen molar-refractivity contribution in [1.82, 2.24) is 40.0 Å². The van der Waals surface area contributed by atoms with Crippen molar-refractivity contribution in [3.63, 3.8) is 0 Å². The minimum absolute atomic E-state index is 0. The summed E-state index contributed by atoms with van der Waals surface area (Å²) in [6, 6.07) is 15.7. The molecule has 13 nitrogen and oxygen atoms in total. The second kappa shape index (κ2) is 23.6. The van der Waals surface area contributed by atoms with Crippen LogP contribution in [0.1, 0.15) is 60.0 Å². The number of H-pyrrole nitrogens is 1. The van der Waals surface area contributed by atoms with E-state index < -0.39 is 8.07 Å². The highest BCUT2D eigenvalue weighted by Crippen LogP contribution is 2.41. The van der Waals surface area contributed by atoms with Gasteiger partial charge in [0.05, 0.1) is 11.4 Å². The molecule has 2 aliphatic heterocycles. The largest absolute Gasteiger partial charge is 0.361 e. The van der Waals surface area contributed by atoms with Crippen molar-refractivity contribution in [2.24, 2.45) is 0 Å². The quantitative estimate of drug-likeness (QED) is 0.0794. The van der Waals surface area contributed by atoms with Gasteiger partial charge in [0.2, 0.25) is 0 Å². The molecule has 0 unspecified atom stereocenters. The van der Waals surface area contributed by atoms with E-state index in [1.807, 2.05) is 30.5 Å². The number of aromatic amines is 1. The standard InChI is InChI=1S/C27H42FN5O2Si.C21H28FN5O.ClH/c1-31-12-14-32(15-13-31)26-27(34)33(20-35-16-17-36(2,3)4)19-23(30-26)6-5-11-29-25-18-24(25)21-7-9-22(28)10-8-21;1-26-9-11-27(12-10-26)20-21(28)24-14-17(25-20)3-2-8-23-19-13-18(19)15-4-6-16(22)7-5-15;/h7-10,19,24-25,29H,5-6,11-18,20H2,1-4H3;4-7,14,18-19,23H,2-3,8-13H2,1H3,(H,24,28);1H/t24-,25+;18-,19+;/m00./s1. The third kappa shape index (κ3) is 15.2. The normalized spacial score (nSPS) is 21.1. The van der Waals surface area contributed by atoms with Crippen molar-refractivity contribution in [3.05, 3.63) is 116 Å². The number of hydrogen-bond acceptors (Lipinski definition) is 11. The molecular weight excluding hydrogens is 866 g/mol. The van der Waals surface area contributed by atoms with Crippen LogP contribution in [0.4, 0.5) is 20.4 Å². The van der Waals surface area contributed by atoms with Gasteiger partial charge in [0.25, 0.3) is 11.1 Å². The van der Waals surface area contributed by atoms with Crippen molar-refractivity contribution in [2.45, 2.75) is 94.9 Å². The number of halogens is 3. The van der Waals surface area contributed by atoms with Crippen LogP contribution >= 0.6 is 12.4 Å². The first-order valence-corrected chi connectivity index (χ1v) is 27.1. The first-order valence-electron chi connectivity index (χ1n) is 23.4. The van der Waals surface area contributed by atoms with E-state index in [0.29, 0.717) is 42.2 Å². The second-order valence-corrected chi connectivity index (χ2v) is 25.0. The monoisotopic (exact) mass is 937 g/mol. The van der Waals surface area contributed by atoms with Gasteiger partial charge in [-0.15, -0.1) is 12.4 Å². The third-order valence-electron chi connectivity index (χ3n) is 12.9. The molecule has 8 rings (SSSR count). The molecule has 2 aromatic carbocycles. The zero-order chi connectivity index (χ0) is 45.2. The third-order valence-corrected chi connectivity index (χ3v) is 14.6. The highest BCUT2D eigenvalue weighted by molar-refractivity contribution is 6.76. The molecule has 0 spiro atoms. The maximum Gasteiger partial charge on any atom is 0.295 e. The average molecular weight is 938 g/mol. The Morgan fingerprint density at radius 2 is 1.18 bits per heavy atom. The molecule has 2 aromatic heterocycles. The highest BCUT2D eigenvalue weighted by Gasteiger charge is 2.38. The van der Waals surface area contributed by atoms with Crippen LogP contribution in [0.25, 0.3) is 0 Å². The summed E-state index contributed by atoms with van der Waals surface area (Å²) in [5.74, 6) is 1.71. The SMILES string of the molecule is CN1CCN(c2nc(CCCN[C@@H]3C[C@H]3c3ccc(F)cc3)c[nH]c2=O)CC1.CN1CCN(c2nc(CCCN[C@@H]3C[C@H]3c3ccc(F)cc3)cn(COCC[Si](C)(C)C)c2=O)CC1.Cl. The summed E-state index contributed by atoms with van der Waals surface area (Å²) in [7, 11) is 3.03. The Morgan fingerprint density at radius 3 is 1.69 bits per heavy atom. The van der Waals surface area contributed by atoms with E-state index in [-0.39, 0.29) is 41.9 Å². The van der Waals surface area contributed by atoms with Gasteiger partial charge in [-0.3, -0.25) is 14.2 Å². The molecule has 4 atom stereocenters. The molecule has 0 radical (unpaired) electrons. The van der Waals surface area contributed by atoms with Gasteiger partial charge in [-0.1, -0.05) is 43.9 Å². The van der Waals surface area contributed by atoms with E-state index in [9.17, 15) is 18.4 Å². The second-order valence-electron chi connectivity index (χ2n) is 19.4. The van der Waals surface area contributed by atoms with Gasteiger partial charge in [-0.2, -0.15) is 0 Å². The van der Waals surface area contributed by atoms with Gasteiger partial charge < -0.3 is 40.0 Å². The zero-order valence-electron chi connectivity index (χ0n) is 39.0. The van der Waals surface area contributed by atoms with Crippen LogP contribution in [0.3, 0.4) is 0 Å². The van der Waals surface area contributed by atoms with E-state index in [1.54, 1.807) is 10.8 Å². The van der Waals surface area contributed by atoms with Crippen LogP contribution in [-0.2, 0) is 24.3 Å². The smallest absolute Gasteiger partial charge is 0.295 e. The molecule has 17 heteroatoms. The Balaban J connectivity index is 0.000000218. The van der Waals surface area contributed by atoms with Crippen molar-refractivity contribution in [1.29, 1.82) is 0 Å². The lowest BCUT2D eigenvalue weighted by Gasteiger charge is -2.33. The summed E-state index contributed by atoms with van der Waals surface area (Å²) >= 11 is 0. The lowest BCUT2D eigenvalue weighted by atomic mass is 10.1. The summed E-state index contributed by atoms with van der Waals surface area (Å²) in [4.78, 5) is 46.4. The number of rotatable bonds is 19. The van der Waals surface area contributed by atoms with Gasteiger partial charge in [-0.05, 0) is 107 Å². The van der Waals surface area contributed by atoms with Crippen LogP contribution < -0.4 is 31.6 Å². The van der Waals surface area contributed by atoms with Gasteiger partial charge in [0.1, 0.15) is 18.4 Å². The van der Waals surface area contributed by atoms with Crippen molar-refractivity contribution in [2.75, 3.05) is 95.9 Å².